The minimum Gasteiger partial charge on any atom is -0.357 e. The second kappa shape index (κ2) is 9.00. The maximum atomic E-state index is 6.09. The first kappa shape index (κ1) is 18.7. The van der Waals surface area contributed by atoms with Crippen molar-refractivity contribution in [3.8, 4) is 0 Å². The van der Waals surface area contributed by atoms with Crippen LogP contribution < -0.4 is 5.32 Å². The van der Waals surface area contributed by atoms with Gasteiger partial charge in [0.15, 0.2) is 5.96 Å². The molecule has 2 aromatic rings. The number of halogens is 1. The Kier molecular flexibility index (Phi) is 6.46. The lowest BCUT2D eigenvalue weighted by Gasteiger charge is -2.36. The molecule has 140 valence electrons. The molecule has 0 unspecified atom stereocenters. The highest BCUT2D eigenvalue weighted by atomic mass is 35.5. The zero-order chi connectivity index (χ0) is 18.4. The molecule has 0 amide bonds. The van der Waals surface area contributed by atoms with Crippen molar-refractivity contribution in [2.24, 2.45) is 12.0 Å². The number of aryl methyl sites for hydroxylation is 1. The average Bonchev–Trinajstić information content (AvgIpc) is 3.04. The van der Waals surface area contributed by atoms with Gasteiger partial charge in [-0.15, -0.1) is 0 Å². The lowest BCUT2D eigenvalue weighted by molar-refractivity contribution is 0.172. The molecule has 1 saturated heterocycles. The average molecular weight is 376 g/mol. The van der Waals surface area contributed by atoms with Crippen molar-refractivity contribution in [3.05, 3.63) is 47.0 Å². The number of benzene rings is 1. The second-order valence-electron chi connectivity index (χ2n) is 6.36. The Morgan fingerprint density at radius 3 is 2.73 bits per heavy atom. The zero-order valence-corrected chi connectivity index (χ0v) is 16.2. The Hall–Kier alpha value is -2.12. The number of hydrogen-bond donors (Lipinski definition) is 1. The molecule has 1 N–H and O–H groups in total. The van der Waals surface area contributed by atoms with E-state index in [2.05, 4.69) is 38.2 Å². The molecule has 0 spiro atoms. The van der Waals surface area contributed by atoms with E-state index >= 15 is 0 Å². The van der Waals surface area contributed by atoms with Gasteiger partial charge >= 0.3 is 0 Å². The Morgan fingerprint density at radius 1 is 1.27 bits per heavy atom. The van der Waals surface area contributed by atoms with Gasteiger partial charge in [0.25, 0.3) is 0 Å². The van der Waals surface area contributed by atoms with Crippen LogP contribution in [0.3, 0.4) is 0 Å². The van der Waals surface area contributed by atoms with Crippen molar-refractivity contribution >= 4 is 17.6 Å². The Morgan fingerprint density at radius 2 is 2.08 bits per heavy atom. The molecule has 0 aliphatic carbocycles. The first-order chi connectivity index (χ1) is 12.7. The van der Waals surface area contributed by atoms with E-state index in [9.17, 15) is 0 Å². The van der Waals surface area contributed by atoms with Crippen LogP contribution in [0, 0.1) is 0 Å². The van der Waals surface area contributed by atoms with Crippen molar-refractivity contribution in [2.45, 2.75) is 20.0 Å². The van der Waals surface area contributed by atoms with Crippen molar-refractivity contribution in [1.29, 1.82) is 0 Å². The van der Waals surface area contributed by atoms with E-state index in [0.29, 0.717) is 6.54 Å². The SMILES string of the molecule is CCNC(=NCc1ncnn1C)N1CCN(Cc2cccc(Cl)c2)CC1. The van der Waals surface area contributed by atoms with Gasteiger partial charge < -0.3 is 10.2 Å². The Labute approximate surface area is 159 Å². The van der Waals surface area contributed by atoms with Crippen molar-refractivity contribution in [2.75, 3.05) is 32.7 Å². The van der Waals surface area contributed by atoms with Gasteiger partial charge in [-0.2, -0.15) is 5.10 Å². The minimum atomic E-state index is 0.529. The second-order valence-corrected chi connectivity index (χ2v) is 6.80. The van der Waals surface area contributed by atoms with Crippen LogP contribution in [0.5, 0.6) is 0 Å². The monoisotopic (exact) mass is 375 g/mol. The standard InChI is InChI=1S/C18H26ClN7/c1-3-20-18(21-12-17-22-14-23-24(17)2)26-9-7-25(8-10-26)13-15-5-4-6-16(19)11-15/h4-6,11,14H,3,7-10,12-13H2,1-2H3,(H,20,21). The van der Waals surface area contributed by atoms with Gasteiger partial charge in [0.05, 0.1) is 0 Å². The maximum absolute atomic E-state index is 6.09. The van der Waals surface area contributed by atoms with Crippen LogP contribution in [0.25, 0.3) is 0 Å². The van der Waals surface area contributed by atoms with Crippen molar-refractivity contribution in [3.63, 3.8) is 0 Å². The predicted octanol–water partition coefficient (Wildman–Crippen LogP) is 1.75. The fraction of sp³-hybridized carbons (Fsp3) is 0.500. The smallest absolute Gasteiger partial charge is 0.194 e. The van der Waals surface area contributed by atoms with Crippen LogP contribution in [-0.4, -0.2) is 63.2 Å². The number of nitrogens with one attached hydrogen (secondary N) is 1. The molecule has 2 heterocycles. The lowest BCUT2D eigenvalue weighted by atomic mass is 10.2. The molecular formula is C18H26ClN7. The normalized spacial score (nSPS) is 16.1. The first-order valence-electron chi connectivity index (χ1n) is 8.98. The quantitative estimate of drug-likeness (QED) is 0.637. The number of aliphatic imine (C=N–C) groups is 1. The van der Waals surface area contributed by atoms with E-state index < -0.39 is 0 Å². The van der Waals surface area contributed by atoms with Crippen LogP contribution in [0.2, 0.25) is 5.02 Å². The highest BCUT2D eigenvalue weighted by molar-refractivity contribution is 6.30. The van der Waals surface area contributed by atoms with Crippen LogP contribution in [0.4, 0.5) is 0 Å². The van der Waals surface area contributed by atoms with Gasteiger partial charge in [0.2, 0.25) is 0 Å². The number of piperazine rings is 1. The van der Waals surface area contributed by atoms with Gasteiger partial charge in [-0.25, -0.2) is 9.98 Å². The summed E-state index contributed by atoms with van der Waals surface area (Å²) < 4.78 is 1.76. The summed E-state index contributed by atoms with van der Waals surface area (Å²) in [4.78, 5) is 13.7. The Bertz CT molecular complexity index is 735. The first-order valence-corrected chi connectivity index (χ1v) is 9.36. The molecular weight excluding hydrogens is 350 g/mol. The molecule has 7 nitrogen and oxygen atoms in total. The summed E-state index contributed by atoms with van der Waals surface area (Å²) >= 11 is 6.09. The topological polar surface area (TPSA) is 61.6 Å². The molecule has 0 atom stereocenters. The summed E-state index contributed by atoms with van der Waals surface area (Å²) in [5.74, 6) is 1.80. The van der Waals surface area contributed by atoms with Gasteiger partial charge in [0.1, 0.15) is 18.7 Å². The molecule has 1 aromatic heterocycles. The van der Waals surface area contributed by atoms with Crippen LogP contribution in [-0.2, 0) is 20.1 Å². The number of hydrogen-bond acceptors (Lipinski definition) is 4. The predicted molar refractivity (Wildman–Crippen MR) is 104 cm³/mol. The zero-order valence-electron chi connectivity index (χ0n) is 15.4. The van der Waals surface area contributed by atoms with Gasteiger partial charge in [-0.1, -0.05) is 23.7 Å². The summed E-state index contributed by atoms with van der Waals surface area (Å²) in [5, 5.41) is 8.28. The van der Waals surface area contributed by atoms with Crippen LogP contribution in [0.1, 0.15) is 18.3 Å². The summed E-state index contributed by atoms with van der Waals surface area (Å²) in [5.41, 5.74) is 1.26. The molecule has 1 aliphatic rings. The summed E-state index contributed by atoms with van der Waals surface area (Å²) in [6.45, 7) is 8.30. The third kappa shape index (κ3) is 4.95. The highest BCUT2D eigenvalue weighted by Crippen LogP contribution is 2.14. The summed E-state index contributed by atoms with van der Waals surface area (Å²) in [6.07, 6.45) is 1.56. The Balaban J connectivity index is 1.56. The molecule has 8 heteroatoms. The van der Waals surface area contributed by atoms with Gasteiger partial charge in [-0.05, 0) is 24.6 Å². The fourth-order valence-electron chi connectivity index (χ4n) is 3.05. The molecule has 26 heavy (non-hydrogen) atoms. The van der Waals surface area contributed by atoms with Gasteiger partial charge in [0, 0.05) is 51.3 Å². The minimum absolute atomic E-state index is 0.529. The summed E-state index contributed by atoms with van der Waals surface area (Å²) in [7, 11) is 1.89. The van der Waals surface area contributed by atoms with Crippen LogP contribution >= 0.6 is 11.6 Å². The summed E-state index contributed by atoms with van der Waals surface area (Å²) in [6, 6.07) is 8.10. The number of rotatable bonds is 5. The van der Waals surface area contributed by atoms with Crippen molar-refractivity contribution < 1.29 is 0 Å². The molecule has 3 rings (SSSR count). The number of aromatic nitrogens is 3. The number of guanidine groups is 1. The van der Waals surface area contributed by atoms with Crippen LogP contribution in [0.15, 0.2) is 35.6 Å². The van der Waals surface area contributed by atoms with E-state index in [0.717, 1.165) is 56.1 Å². The van der Waals surface area contributed by atoms with E-state index in [1.807, 2.05) is 25.2 Å². The molecule has 0 radical (unpaired) electrons. The highest BCUT2D eigenvalue weighted by Gasteiger charge is 2.19. The number of nitrogens with zero attached hydrogens (tertiary/aromatic N) is 6. The lowest BCUT2D eigenvalue weighted by Crippen LogP contribution is -2.52. The largest absolute Gasteiger partial charge is 0.357 e. The molecule has 0 saturated carbocycles. The fourth-order valence-corrected chi connectivity index (χ4v) is 3.26. The molecule has 1 aromatic carbocycles. The van der Waals surface area contributed by atoms with Gasteiger partial charge in [-0.3, -0.25) is 9.58 Å². The molecule has 1 fully saturated rings. The molecule has 1 aliphatic heterocycles. The van der Waals surface area contributed by atoms with E-state index in [4.69, 9.17) is 16.6 Å². The third-order valence-electron chi connectivity index (χ3n) is 4.48. The molecule has 0 bridgehead atoms. The maximum Gasteiger partial charge on any atom is 0.194 e. The van der Waals surface area contributed by atoms with Crippen molar-refractivity contribution in [1.82, 2.24) is 29.9 Å². The van der Waals surface area contributed by atoms with E-state index in [1.54, 1.807) is 11.0 Å². The third-order valence-corrected chi connectivity index (χ3v) is 4.71. The van der Waals surface area contributed by atoms with E-state index in [1.165, 1.54) is 5.56 Å². The van der Waals surface area contributed by atoms with E-state index in [-0.39, 0.29) is 0 Å².